The molecule has 2 aliphatic rings. The highest BCUT2D eigenvalue weighted by atomic mass is 32.1. The van der Waals surface area contributed by atoms with E-state index in [1.54, 1.807) is 22.4 Å². The van der Waals surface area contributed by atoms with E-state index in [4.69, 9.17) is 8.95 Å². The minimum atomic E-state index is -1.89. The van der Waals surface area contributed by atoms with Crippen molar-refractivity contribution in [1.29, 1.82) is 0 Å². The lowest BCUT2D eigenvalue weighted by molar-refractivity contribution is -0.161. The third kappa shape index (κ3) is 5.65. The van der Waals surface area contributed by atoms with Crippen LogP contribution in [0.2, 0.25) is 18.1 Å². The van der Waals surface area contributed by atoms with Gasteiger partial charge in [-0.15, -0.1) is 11.3 Å². The normalized spacial score (nSPS) is 22.0. The molecule has 1 unspecified atom stereocenters. The number of carbonyl (C=O) groups excluding carboxylic acids is 2. The van der Waals surface area contributed by atoms with Gasteiger partial charge >= 0.3 is 5.97 Å². The number of rotatable bonds is 13. The van der Waals surface area contributed by atoms with Gasteiger partial charge < -0.3 is 13.8 Å². The first kappa shape index (κ1) is 29.0. The van der Waals surface area contributed by atoms with Gasteiger partial charge in [-0.05, 0) is 42.3 Å². The highest BCUT2D eigenvalue weighted by molar-refractivity contribution is 7.10. The molecule has 1 saturated heterocycles. The molecule has 206 valence electrons. The minimum Gasteiger partial charge on any atom is -0.447 e. The number of aromatic nitrogens is 2. The van der Waals surface area contributed by atoms with Crippen molar-refractivity contribution in [2.24, 2.45) is 11.8 Å². The van der Waals surface area contributed by atoms with E-state index in [0.717, 1.165) is 35.0 Å². The molecule has 11 heteroatoms. The molecule has 2 aliphatic heterocycles. The van der Waals surface area contributed by atoms with Crippen LogP contribution in [-0.2, 0) is 31.6 Å². The zero-order valence-corrected chi connectivity index (χ0v) is 25.9. The minimum absolute atomic E-state index is 0.00405. The van der Waals surface area contributed by atoms with Crippen molar-refractivity contribution >= 4 is 41.0 Å². The van der Waals surface area contributed by atoms with Crippen molar-refractivity contribution in [3.8, 4) is 0 Å². The molecule has 0 spiro atoms. The van der Waals surface area contributed by atoms with Crippen LogP contribution >= 0.6 is 20.8 Å². The van der Waals surface area contributed by atoms with Crippen molar-refractivity contribution in [1.82, 2.24) is 19.8 Å². The van der Waals surface area contributed by atoms with Gasteiger partial charge in [0.25, 0.3) is 0 Å². The second-order valence-electron chi connectivity index (χ2n) is 10.3. The smallest absolute Gasteiger partial charge is 0.357 e. The van der Waals surface area contributed by atoms with Crippen LogP contribution in [0.4, 0.5) is 0 Å². The highest BCUT2D eigenvalue weighted by Gasteiger charge is 2.60. The predicted octanol–water partition coefficient (Wildman–Crippen LogP) is 5.01. The second kappa shape index (κ2) is 12.5. The number of fused-ring (bicyclic) bond motifs is 1. The van der Waals surface area contributed by atoms with Gasteiger partial charge in [-0.3, -0.25) is 14.7 Å². The Bertz CT molecular complexity index is 1140. The standard InChI is InChI=1S/C27H39N4O4PSSi/c1-6-38(7-2,8-3)35-19(5)23-24-18(4)22(25(27(33)34-36)31(24)26(23)32)15-30(14-21-16-37-17-29-21)13-20-10-9-11-28-12-20/h9-12,16-19,23-24H,6-8,13-15,36H2,1-5H3/t18-,19+,23+,24+/m0/s1. The van der Waals surface area contributed by atoms with Crippen LogP contribution in [0.25, 0.3) is 0 Å². The molecule has 38 heavy (non-hydrogen) atoms. The fraction of sp³-hybridized carbons (Fsp3) is 0.556. The summed E-state index contributed by atoms with van der Waals surface area (Å²) in [7, 11) is 0.154. The number of β-lactam (4-membered cyclic amide) rings is 1. The molecule has 2 aromatic heterocycles. The lowest BCUT2D eigenvalue weighted by Crippen LogP contribution is -2.65. The lowest BCUT2D eigenvalue weighted by atomic mass is 9.77. The Morgan fingerprint density at radius 3 is 2.55 bits per heavy atom. The van der Waals surface area contributed by atoms with Gasteiger partial charge in [0.15, 0.2) is 8.32 Å². The molecule has 5 atom stereocenters. The van der Waals surface area contributed by atoms with Crippen LogP contribution in [0.3, 0.4) is 0 Å². The molecular formula is C27H39N4O4PSSi. The Morgan fingerprint density at radius 1 is 1.24 bits per heavy atom. The second-order valence-corrected chi connectivity index (χ2v) is 16.0. The predicted molar refractivity (Wildman–Crippen MR) is 154 cm³/mol. The molecule has 4 rings (SSSR count). The van der Waals surface area contributed by atoms with E-state index in [9.17, 15) is 9.59 Å². The Morgan fingerprint density at radius 2 is 1.97 bits per heavy atom. The molecule has 0 aliphatic carbocycles. The molecule has 0 N–H and O–H groups in total. The number of nitrogens with zero attached hydrogens (tertiary/aromatic N) is 4. The topological polar surface area (TPSA) is 84.9 Å². The quantitative estimate of drug-likeness (QED) is 0.189. The van der Waals surface area contributed by atoms with E-state index in [1.807, 2.05) is 45.6 Å². The van der Waals surface area contributed by atoms with Crippen molar-refractivity contribution < 1.29 is 18.5 Å². The van der Waals surface area contributed by atoms with Crippen molar-refractivity contribution in [3.05, 3.63) is 57.9 Å². The van der Waals surface area contributed by atoms with Gasteiger partial charge in [0.05, 0.1) is 38.7 Å². The number of carbonyl (C=O) groups is 2. The summed E-state index contributed by atoms with van der Waals surface area (Å²) in [5.41, 5.74) is 5.18. The summed E-state index contributed by atoms with van der Waals surface area (Å²) in [5, 5.41) is 2.04. The average molecular weight is 575 g/mol. The van der Waals surface area contributed by atoms with E-state index >= 15 is 0 Å². The summed E-state index contributed by atoms with van der Waals surface area (Å²) in [6.07, 6.45) is 3.43. The van der Waals surface area contributed by atoms with Crippen LogP contribution in [0.1, 0.15) is 45.9 Å². The van der Waals surface area contributed by atoms with Gasteiger partial charge in [0.1, 0.15) is 5.70 Å². The van der Waals surface area contributed by atoms with Crippen molar-refractivity contribution in [2.45, 2.75) is 78.0 Å². The SMILES string of the molecule is CC[Si](CC)(CC)O[C@H](C)[C@H]1C(=O)N2C(C(=O)OP)=C(CN(Cc3cccnc3)Cc3cscn3)[C@H](C)[C@H]12. The number of pyridine rings is 1. The van der Waals surface area contributed by atoms with E-state index in [1.165, 1.54) is 0 Å². The lowest BCUT2D eigenvalue weighted by Gasteiger charge is -2.49. The van der Waals surface area contributed by atoms with Gasteiger partial charge in [-0.2, -0.15) is 0 Å². The van der Waals surface area contributed by atoms with E-state index in [-0.39, 0.29) is 29.9 Å². The number of thiazole rings is 1. The molecule has 0 bridgehead atoms. The van der Waals surface area contributed by atoms with Gasteiger partial charge in [-0.1, -0.05) is 33.8 Å². The van der Waals surface area contributed by atoms with E-state index in [0.29, 0.717) is 25.3 Å². The molecular weight excluding hydrogens is 535 g/mol. The fourth-order valence-corrected chi connectivity index (χ4v) is 9.65. The van der Waals surface area contributed by atoms with Crippen LogP contribution in [-0.4, -0.2) is 58.7 Å². The number of hydrogen-bond donors (Lipinski definition) is 0. The van der Waals surface area contributed by atoms with Gasteiger partial charge in [0.2, 0.25) is 5.91 Å². The van der Waals surface area contributed by atoms with Crippen LogP contribution in [0.5, 0.6) is 0 Å². The van der Waals surface area contributed by atoms with Crippen molar-refractivity contribution in [3.63, 3.8) is 0 Å². The largest absolute Gasteiger partial charge is 0.447 e. The van der Waals surface area contributed by atoms with Crippen LogP contribution in [0, 0.1) is 11.8 Å². The number of amides is 1. The molecule has 1 fully saturated rings. The molecule has 0 radical (unpaired) electrons. The molecule has 4 heterocycles. The maximum absolute atomic E-state index is 13.6. The summed E-state index contributed by atoms with van der Waals surface area (Å²) in [6, 6.07) is 6.95. The molecule has 0 saturated carbocycles. The summed E-state index contributed by atoms with van der Waals surface area (Å²) >= 11 is 1.56. The zero-order chi connectivity index (χ0) is 27.4. The maximum atomic E-state index is 13.6. The number of hydrogen-bond acceptors (Lipinski definition) is 8. The monoisotopic (exact) mass is 574 g/mol. The Hall–Kier alpha value is -1.97. The van der Waals surface area contributed by atoms with Gasteiger partial charge in [-0.25, -0.2) is 9.78 Å². The summed E-state index contributed by atoms with van der Waals surface area (Å²) in [4.78, 5) is 39.3. The molecule has 1 amide bonds. The summed E-state index contributed by atoms with van der Waals surface area (Å²) in [6.45, 7) is 12.5. The Labute approximate surface area is 233 Å². The molecule has 2 aromatic rings. The first-order valence-electron chi connectivity index (χ1n) is 13.4. The fourth-order valence-electron chi connectivity index (χ4n) is 6.06. The summed E-state index contributed by atoms with van der Waals surface area (Å²) in [5.74, 6) is -0.805. The average Bonchev–Trinajstić information content (AvgIpc) is 3.52. The Kier molecular flexibility index (Phi) is 9.52. The molecule has 8 nitrogen and oxygen atoms in total. The van der Waals surface area contributed by atoms with Gasteiger partial charge in [0, 0.05) is 43.3 Å². The third-order valence-corrected chi connectivity index (χ3v) is 13.9. The van der Waals surface area contributed by atoms with Crippen molar-refractivity contribution in [2.75, 3.05) is 6.54 Å². The third-order valence-electron chi connectivity index (χ3n) is 8.36. The Balaban J connectivity index is 1.61. The van der Waals surface area contributed by atoms with E-state index in [2.05, 4.69) is 42.6 Å². The van der Waals surface area contributed by atoms with Crippen LogP contribution in [0.15, 0.2) is 46.7 Å². The van der Waals surface area contributed by atoms with Crippen LogP contribution < -0.4 is 0 Å². The van der Waals surface area contributed by atoms with E-state index < -0.39 is 14.3 Å². The molecule has 0 aromatic carbocycles. The first-order chi connectivity index (χ1) is 18.3. The maximum Gasteiger partial charge on any atom is 0.357 e. The highest BCUT2D eigenvalue weighted by Crippen LogP contribution is 2.49. The summed E-state index contributed by atoms with van der Waals surface area (Å²) < 4.78 is 11.8. The zero-order valence-electron chi connectivity index (χ0n) is 22.9. The first-order valence-corrected chi connectivity index (χ1v) is 17.4.